The number of esters is 1. The first-order valence-corrected chi connectivity index (χ1v) is 7.41. The molecule has 0 aromatic carbocycles. The second-order valence-electron chi connectivity index (χ2n) is 6.56. The predicted octanol–water partition coefficient (Wildman–Crippen LogP) is 1.70. The van der Waals surface area contributed by atoms with Crippen molar-refractivity contribution in [2.45, 2.75) is 38.8 Å². The Morgan fingerprint density at radius 1 is 1.33 bits per heavy atom. The quantitative estimate of drug-likeness (QED) is 0.336. The van der Waals surface area contributed by atoms with Gasteiger partial charge in [-0.3, -0.25) is 9.59 Å². The molecule has 0 unspecified atom stereocenters. The lowest BCUT2D eigenvalue weighted by Crippen LogP contribution is -2.47. The largest absolute Gasteiger partial charge is 0.481 e. The predicted molar refractivity (Wildman–Crippen MR) is 81.9 cm³/mol. The first-order valence-electron chi connectivity index (χ1n) is 7.41. The number of rotatable bonds is 5. The Kier molecular flexibility index (Phi) is 6.42. The van der Waals surface area contributed by atoms with Crippen LogP contribution in [0.4, 0.5) is 4.79 Å². The van der Waals surface area contributed by atoms with Crippen molar-refractivity contribution >= 4 is 18.0 Å². The number of carboxylic acids is 1. The summed E-state index contributed by atoms with van der Waals surface area (Å²) in [6, 6.07) is -0.910. The van der Waals surface area contributed by atoms with Crippen LogP contribution in [0.2, 0.25) is 0 Å². The molecule has 0 aromatic rings. The molecule has 134 valence electrons. The van der Waals surface area contributed by atoms with Gasteiger partial charge in [-0.1, -0.05) is 5.11 Å². The minimum atomic E-state index is -1.16. The number of aliphatic carboxylic acids is 1. The number of hydrogen-bond acceptors (Lipinski definition) is 6. The molecule has 1 aliphatic rings. The number of nitrogens with one attached hydrogen (secondary N) is 1. The maximum Gasteiger partial charge on any atom is 0.407 e. The van der Waals surface area contributed by atoms with Crippen molar-refractivity contribution in [2.24, 2.45) is 22.9 Å². The molecule has 0 saturated heterocycles. The van der Waals surface area contributed by atoms with Crippen LogP contribution < -0.4 is 5.32 Å². The molecular formula is C14H22N4O6. The molecule has 1 aliphatic carbocycles. The summed E-state index contributed by atoms with van der Waals surface area (Å²) in [5, 5.41) is 15.3. The fraction of sp³-hybridized carbons (Fsp3) is 0.786. The van der Waals surface area contributed by atoms with E-state index >= 15 is 0 Å². The highest BCUT2D eigenvalue weighted by atomic mass is 16.6. The number of ether oxygens (including phenoxy) is 2. The lowest BCUT2D eigenvalue weighted by atomic mass is 9.93. The average Bonchev–Trinajstić information content (AvgIpc) is 2.80. The second-order valence-corrected chi connectivity index (χ2v) is 6.56. The molecule has 2 N–H and O–H groups in total. The zero-order chi connectivity index (χ0) is 18.5. The third-order valence-corrected chi connectivity index (χ3v) is 3.78. The van der Waals surface area contributed by atoms with Gasteiger partial charge in [-0.25, -0.2) is 4.79 Å². The molecule has 0 aliphatic heterocycles. The summed E-state index contributed by atoms with van der Waals surface area (Å²) in [6.45, 7) is 4.88. The Labute approximate surface area is 139 Å². The van der Waals surface area contributed by atoms with Crippen LogP contribution in [-0.2, 0) is 19.1 Å². The van der Waals surface area contributed by atoms with Crippen molar-refractivity contribution < 1.29 is 29.0 Å². The number of carbonyl (C=O) groups is 3. The second kappa shape index (κ2) is 7.87. The molecule has 24 heavy (non-hydrogen) atoms. The molecule has 0 spiro atoms. The van der Waals surface area contributed by atoms with E-state index in [1.54, 1.807) is 20.8 Å². The normalized spacial score (nSPS) is 26.2. The van der Waals surface area contributed by atoms with Crippen LogP contribution >= 0.6 is 0 Å². The summed E-state index contributed by atoms with van der Waals surface area (Å²) in [5.74, 6) is -4.26. The Hall–Kier alpha value is -2.48. The van der Waals surface area contributed by atoms with Crippen molar-refractivity contribution in [3.8, 4) is 0 Å². The molecule has 0 bridgehead atoms. The van der Waals surface area contributed by atoms with Crippen LogP contribution in [-0.4, -0.2) is 48.4 Å². The Morgan fingerprint density at radius 3 is 2.42 bits per heavy atom. The van der Waals surface area contributed by atoms with Gasteiger partial charge in [0.25, 0.3) is 0 Å². The summed E-state index contributed by atoms with van der Waals surface area (Å²) < 4.78 is 9.84. The van der Waals surface area contributed by atoms with E-state index in [1.165, 1.54) is 7.11 Å². The zero-order valence-corrected chi connectivity index (χ0v) is 14.1. The number of carboxylic acid groups (broad SMARTS) is 1. The zero-order valence-electron chi connectivity index (χ0n) is 14.1. The SMILES string of the molecule is COC(=O)[C@@H]1C[C@H](C(=O)O)[C@@H](NC(=O)OC(C)(C)C)[C@H]1CN=[N+]=[N-]. The van der Waals surface area contributed by atoms with Gasteiger partial charge in [0, 0.05) is 17.5 Å². The maximum absolute atomic E-state index is 12.0. The number of carbonyl (C=O) groups excluding carboxylic acids is 2. The first-order chi connectivity index (χ1) is 11.1. The van der Waals surface area contributed by atoms with Crippen LogP contribution in [0.5, 0.6) is 0 Å². The van der Waals surface area contributed by atoms with Gasteiger partial charge in [0.05, 0.1) is 18.9 Å². The highest BCUT2D eigenvalue weighted by Gasteiger charge is 2.50. The van der Waals surface area contributed by atoms with Crippen LogP contribution in [0, 0.1) is 17.8 Å². The maximum atomic E-state index is 12.0. The van der Waals surface area contributed by atoms with Crippen molar-refractivity contribution in [3.63, 3.8) is 0 Å². The number of methoxy groups -OCH3 is 1. The minimum absolute atomic E-state index is 0.0198. The molecule has 0 heterocycles. The summed E-state index contributed by atoms with van der Waals surface area (Å²) in [7, 11) is 1.19. The summed E-state index contributed by atoms with van der Waals surface area (Å²) in [4.78, 5) is 38.1. The molecule has 1 fully saturated rings. The fourth-order valence-electron chi connectivity index (χ4n) is 2.84. The van der Waals surface area contributed by atoms with Gasteiger partial charge >= 0.3 is 18.0 Å². The number of azide groups is 1. The van der Waals surface area contributed by atoms with Crippen LogP contribution in [0.3, 0.4) is 0 Å². The molecule has 0 radical (unpaired) electrons. The van der Waals surface area contributed by atoms with Gasteiger partial charge in [-0.15, -0.1) is 0 Å². The molecular weight excluding hydrogens is 320 g/mol. The molecule has 10 heteroatoms. The Bertz CT molecular complexity index is 552. The van der Waals surface area contributed by atoms with E-state index in [-0.39, 0.29) is 13.0 Å². The van der Waals surface area contributed by atoms with E-state index in [1.807, 2.05) is 0 Å². The van der Waals surface area contributed by atoms with Gasteiger partial charge in [-0.2, -0.15) is 0 Å². The van der Waals surface area contributed by atoms with E-state index in [2.05, 4.69) is 15.3 Å². The standard InChI is InChI=1S/C14H22N4O6/c1-14(2,3)24-13(22)17-10-8(11(19)20)5-7(12(21)23-4)9(10)6-16-18-15/h7-10H,5-6H2,1-4H3,(H,17,22)(H,19,20)/t7-,8+,9+,10-/m1/s1. The van der Waals surface area contributed by atoms with Gasteiger partial charge in [0.1, 0.15) is 5.60 Å². The lowest BCUT2D eigenvalue weighted by Gasteiger charge is -2.27. The van der Waals surface area contributed by atoms with Crippen molar-refractivity contribution in [1.29, 1.82) is 0 Å². The minimum Gasteiger partial charge on any atom is -0.481 e. The third kappa shape index (κ3) is 5.02. The Balaban J connectivity index is 3.06. The number of alkyl carbamates (subject to hydrolysis) is 1. The van der Waals surface area contributed by atoms with E-state index in [0.29, 0.717) is 0 Å². The van der Waals surface area contributed by atoms with Crippen LogP contribution in [0.1, 0.15) is 27.2 Å². The topological polar surface area (TPSA) is 151 Å². The van der Waals surface area contributed by atoms with Crippen molar-refractivity contribution in [1.82, 2.24) is 5.32 Å². The molecule has 1 rings (SSSR count). The van der Waals surface area contributed by atoms with Gasteiger partial charge in [0.15, 0.2) is 0 Å². The van der Waals surface area contributed by atoms with E-state index in [4.69, 9.17) is 15.0 Å². The highest BCUT2D eigenvalue weighted by molar-refractivity contribution is 5.79. The van der Waals surface area contributed by atoms with E-state index < -0.39 is 47.4 Å². The summed E-state index contributed by atoms with van der Waals surface area (Å²) >= 11 is 0. The van der Waals surface area contributed by atoms with E-state index in [9.17, 15) is 19.5 Å². The first kappa shape index (κ1) is 19.6. The smallest absolute Gasteiger partial charge is 0.407 e. The van der Waals surface area contributed by atoms with Gasteiger partial charge in [0.2, 0.25) is 0 Å². The Morgan fingerprint density at radius 2 is 1.96 bits per heavy atom. The van der Waals surface area contributed by atoms with Crippen molar-refractivity contribution in [3.05, 3.63) is 10.4 Å². The number of amides is 1. The molecule has 1 amide bonds. The van der Waals surface area contributed by atoms with Gasteiger partial charge in [-0.05, 0) is 38.6 Å². The highest BCUT2D eigenvalue weighted by Crippen LogP contribution is 2.38. The molecule has 10 nitrogen and oxygen atoms in total. The fourth-order valence-corrected chi connectivity index (χ4v) is 2.84. The lowest BCUT2D eigenvalue weighted by molar-refractivity contribution is -0.146. The third-order valence-electron chi connectivity index (χ3n) is 3.78. The summed E-state index contributed by atoms with van der Waals surface area (Å²) in [6.07, 6.45) is -0.816. The monoisotopic (exact) mass is 342 g/mol. The average molecular weight is 342 g/mol. The van der Waals surface area contributed by atoms with E-state index in [0.717, 1.165) is 0 Å². The molecule has 0 aromatic heterocycles. The molecule has 4 atom stereocenters. The van der Waals surface area contributed by atoms with Crippen LogP contribution in [0.25, 0.3) is 10.4 Å². The number of hydrogen-bond donors (Lipinski definition) is 2. The van der Waals surface area contributed by atoms with Crippen LogP contribution in [0.15, 0.2) is 5.11 Å². The summed E-state index contributed by atoms with van der Waals surface area (Å²) in [5.41, 5.74) is 7.76. The molecule has 1 saturated carbocycles. The van der Waals surface area contributed by atoms with Gasteiger partial charge < -0.3 is 19.9 Å². The number of nitrogens with zero attached hydrogens (tertiary/aromatic N) is 3. The van der Waals surface area contributed by atoms with Crippen molar-refractivity contribution in [2.75, 3.05) is 13.7 Å².